The minimum absolute atomic E-state index is 0.0516. The molecule has 0 bridgehead atoms. The van der Waals surface area contributed by atoms with Crippen molar-refractivity contribution in [3.63, 3.8) is 0 Å². The van der Waals surface area contributed by atoms with E-state index < -0.39 is 11.1 Å². The van der Waals surface area contributed by atoms with Gasteiger partial charge in [-0.05, 0) is 52.8 Å². The standard InChI is InChI=1S/C45H45N3O/c49-43(33-36-48-45(40-27-13-4-14-28-40,41-29-15-5-16-30-41)42-31-17-6-18-32-42)46-34-19-20-35-47-44(37-21-7-1-8-22-37,38-23-9-2-10-24-38)39-25-11-3-12-26-39/h1-18,21-32,47-48H,19-20,33-36H2,(H,46,49). The summed E-state index contributed by atoms with van der Waals surface area (Å²) in [4.78, 5) is 13.1. The van der Waals surface area contributed by atoms with Crippen LogP contribution in [0.1, 0.15) is 52.6 Å². The van der Waals surface area contributed by atoms with Crippen LogP contribution in [0.25, 0.3) is 0 Å². The van der Waals surface area contributed by atoms with Crippen LogP contribution in [-0.2, 0) is 15.9 Å². The molecule has 4 heteroatoms. The van der Waals surface area contributed by atoms with Crippen molar-refractivity contribution in [1.82, 2.24) is 16.0 Å². The molecule has 0 radical (unpaired) electrons. The van der Waals surface area contributed by atoms with E-state index in [-0.39, 0.29) is 5.91 Å². The van der Waals surface area contributed by atoms with Crippen molar-refractivity contribution in [2.45, 2.75) is 30.3 Å². The first-order valence-corrected chi connectivity index (χ1v) is 17.3. The highest BCUT2D eigenvalue weighted by molar-refractivity contribution is 5.76. The van der Waals surface area contributed by atoms with E-state index in [0.29, 0.717) is 19.5 Å². The second kappa shape index (κ2) is 16.7. The van der Waals surface area contributed by atoms with Gasteiger partial charge in [-0.3, -0.25) is 15.4 Å². The average molecular weight is 644 g/mol. The zero-order valence-corrected chi connectivity index (χ0v) is 28.0. The van der Waals surface area contributed by atoms with E-state index in [1.165, 1.54) is 16.7 Å². The number of rotatable bonds is 16. The fourth-order valence-corrected chi connectivity index (χ4v) is 6.95. The summed E-state index contributed by atoms with van der Waals surface area (Å²) in [6.45, 7) is 1.96. The largest absolute Gasteiger partial charge is 0.356 e. The van der Waals surface area contributed by atoms with Crippen LogP contribution in [0.2, 0.25) is 0 Å². The molecular weight excluding hydrogens is 599 g/mol. The van der Waals surface area contributed by atoms with Crippen LogP contribution in [0.5, 0.6) is 0 Å². The Morgan fingerprint density at radius 2 is 0.633 bits per heavy atom. The summed E-state index contributed by atoms with van der Waals surface area (Å²) >= 11 is 0. The molecule has 0 aliphatic carbocycles. The van der Waals surface area contributed by atoms with Crippen molar-refractivity contribution in [2.75, 3.05) is 19.6 Å². The smallest absolute Gasteiger partial charge is 0.221 e. The van der Waals surface area contributed by atoms with Crippen molar-refractivity contribution < 1.29 is 4.79 Å². The molecule has 0 fully saturated rings. The third-order valence-corrected chi connectivity index (χ3v) is 9.30. The number of hydrogen-bond acceptors (Lipinski definition) is 3. The normalized spacial score (nSPS) is 11.6. The van der Waals surface area contributed by atoms with Gasteiger partial charge < -0.3 is 5.32 Å². The van der Waals surface area contributed by atoms with Gasteiger partial charge >= 0.3 is 0 Å². The molecule has 6 aromatic carbocycles. The molecule has 4 nitrogen and oxygen atoms in total. The number of benzene rings is 6. The highest BCUT2D eigenvalue weighted by Crippen LogP contribution is 2.38. The van der Waals surface area contributed by atoms with E-state index in [1.54, 1.807) is 0 Å². The lowest BCUT2D eigenvalue weighted by atomic mass is 9.77. The predicted octanol–water partition coefficient (Wildman–Crippen LogP) is 8.44. The van der Waals surface area contributed by atoms with E-state index >= 15 is 0 Å². The SMILES string of the molecule is O=C(CCNC(c1ccccc1)(c1ccccc1)c1ccccc1)NCCCCNC(c1ccccc1)(c1ccccc1)c1ccccc1. The first-order chi connectivity index (χ1) is 24.2. The lowest BCUT2D eigenvalue weighted by Gasteiger charge is -2.37. The van der Waals surface area contributed by atoms with Crippen LogP contribution >= 0.6 is 0 Å². The highest BCUT2D eigenvalue weighted by atomic mass is 16.1. The Hall–Kier alpha value is -5.29. The summed E-state index contributed by atoms with van der Waals surface area (Å²) in [5.74, 6) is 0.0516. The molecule has 49 heavy (non-hydrogen) atoms. The van der Waals surface area contributed by atoms with E-state index in [9.17, 15) is 4.79 Å². The third kappa shape index (κ3) is 7.73. The molecule has 0 aliphatic heterocycles. The van der Waals surface area contributed by atoms with E-state index in [4.69, 9.17) is 0 Å². The number of unbranched alkanes of at least 4 members (excludes halogenated alkanes) is 1. The van der Waals surface area contributed by atoms with E-state index in [1.807, 2.05) is 18.2 Å². The van der Waals surface area contributed by atoms with Crippen LogP contribution < -0.4 is 16.0 Å². The van der Waals surface area contributed by atoms with Gasteiger partial charge in [-0.2, -0.15) is 0 Å². The fourth-order valence-electron chi connectivity index (χ4n) is 6.95. The summed E-state index contributed by atoms with van der Waals surface area (Å²) in [6.07, 6.45) is 2.18. The second-order valence-corrected chi connectivity index (χ2v) is 12.4. The molecule has 0 atom stereocenters. The molecule has 0 saturated carbocycles. The van der Waals surface area contributed by atoms with Gasteiger partial charge in [0, 0.05) is 19.5 Å². The van der Waals surface area contributed by atoms with E-state index in [0.717, 1.165) is 36.1 Å². The summed E-state index contributed by atoms with van der Waals surface area (Å²) in [5.41, 5.74) is 5.94. The van der Waals surface area contributed by atoms with Gasteiger partial charge in [0.2, 0.25) is 5.91 Å². The van der Waals surface area contributed by atoms with Gasteiger partial charge in [0.25, 0.3) is 0 Å². The summed E-state index contributed by atoms with van der Waals surface area (Å²) in [7, 11) is 0. The van der Waals surface area contributed by atoms with Gasteiger partial charge in [-0.1, -0.05) is 182 Å². The molecule has 0 aliphatic rings. The van der Waals surface area contributed by atoms with Crippen molar-refractivity contribution in [3.05, 3.63) is 215 Å². The molecular formula is C45H45N3O. The van der Waals surface area contributed by atoms with Crippen LogP contribution in [0.15, 0.2) is 182 Å². The van der Waals surface area contributed by atoms with Crippen LogP contribution in [0, 0.1) is 0 Å². The molecule has 0 spiro atoms. The Morgan fingerprint density at radius 1 is 0.367 bits per heavy atom. The number of nitrogens with one attached hydrogen (secondary N) is 3. The van der Waals surface area contributed by atoms with Crippen molar-refractivity contribution in [2.24, 2.45) is 0 Å². The Morgan fingerprint density at radius 3 is 0.939 bits per heavy atom. The van der Waals surface area contributed by atoms with Crippen molar-refractivity contribution in [1.29, 1.82) is 0 Å². The highest BCUT2D eigenvalue weighted by Gasteiger charge is 2.36. The molecule has 6 aromatic rings. The molecule has 0 unspecified atom stereocenters. The van der Waals surface area contributed by atoms with Crippen molar-refractivity contribution in [3.8, 4) is 0 Å². The monoisotopic (exact) mass is 643 g/mol. The molecule has 3 N–H and O–H groups in total. The van der Waals surface area contributed by atoms with Gasteiger partial charge in [-0.25, -0.2) is 0 Å². The molecule has 0 aromatic heterocycles. The van der Waals surface area contributed by atoms with Gasteiger partial charge in [0.1, 0.15) is 0 Å². The maximum absolute atomic E-state index is 13.1. The minimum Gasteiger partial charge on any atom is -0.356 e. The quantitative estimate of drug-likeness (QED) is 0.0733. The Labute approximate surface area is 291 Å². The number of hydrogen-bond donors (Lipinski definition) is 3. The van der Waals surface area contributed by atoms with Gasteiger partial charge in [0.05, 0.1) is 11.1 Å². The number of carbonyl (C=O) groups is 1. The van der Waals surface area contributed by atoms with Crippen LogP contribution in [0.3, 0.4) is 0 Å². The summed E-state index contributed by atoms with van der Waals surface area (Å²) in [6, 6.07) is 63.5. The molecule has 246 valence electrons. The lowest BCUT2D eigenvalue weighted by Crippen LogP contribution is -2.46. The topological polar surface area (TPSA) is 53.2 Å². The second-order valence-electron chi connectivity index (χ2n) is 12.4. The first kappa shape index (κ1) is 33.6. The summed E-state index contributed by atoms with van der Waals surface area (Å²) in [5, 5.41) is 10.9. The Balaban J connectivity index is 1.08. The zero-order chi connectivity index (χ0) is 33.6. The number of carbonyl (C=O) groups excluding carboxylic acids is 1. The predicted molar refractivity (Wildman–Crippen MR) is 201 cm³/mol. The lowest BCUT2D eigenvalue weighted by molar-refractivity contribution is -0.121. The minimum atomic E-state index is -0.585. The maximum Gasteiger partial charge on any atom is 0.221 e. The fraction of sp³-hybridized carbons (Fsp3) is 0.178. The Kier molecular flexibility index (Phi) is 11.5. The molecule has 6 rings (SSSR count). The first-order valence-electron chi connectivity index (χ1n) is 17.3. The Bertz CT molecular complexity index is 1640. The summed E-state index contributed by atoms with van der Waals surface area (Å²) < 4.78 is 0. The van der Waals surface area contributed by atoms with Gasteiger partial charge in [-0.15, -0.1) is 0 Å². The maximum atomic E-state index is 13.1. The molecule has 0 heterocycles. The van der Waals surface area contributed by atoms with E-state index in [2.05, 4.69) is 180 Å². The average Bonchev–Trinajstić information content (AvgIpc) is 3.18. The zero-order valence-electron chi connectivity index (χ0n) is 28.0. The number of amides is 1. The third-order valence-electron chi connectivity index (χ3n) is 9.30. The van der Waals surface area contributed by atoms with Gasteiger partial charge in [0.15, 0.2) is 0 Å². The van der Waals surface area contributed by atoms with Crippen LogP contribution in [0.4, 0.5) is 0 Å². The molecule has 0 saturated heterocycles. The van der Waals surface area contributed by atoms with Crippen LogP contribution in [-0.4, -0.2) is 25.5 Å². The van der Waals surface area contributed by atoms with Crippen molar-refractivity contribution >= 4 is 5.91 Å². The molecule has 1 amide bonds.